The summed E-state index contributed by atoms with van der Waals surface area (Å²) in [6.45, 7) is 6.45. The largest absolute Gasteiger partial charge is 0.462 e. The van der Waals surface area contributed by atoms with E-state index in [0.29, 0.717) is 19.3 Å². The number of hydrogen-bond acceptors (Lipinski definition) is 6. The third-order valence-electron chi connectivity index (χ3n) is 12.8. The van der Waals surface area contributed by atoms with Crippen molar-refractivity contribution in [1.82, 2.24) is 0 Å². The minimum Gasteiger partial charge on any atom is -0.462 e. The zero-order valence-corrected chi connectivity index (χ0v) is 47.6. The number of hydrogen-bond donors (Lipinski definition) is 0. The number of unbranched alkanes of at least 4 members (excludes halogenated alkanes) is 25. The van der Waals surface area contributed by atoms with E-state index in [1.54, 1.807) is 0 Å². The fourth-order valence-corrected chi connectivity index (χ4v) is 8.26. The second kappa shape index (κ2) is 60.6. The summed E-state index contributed by atoms with van der Waals surface area (Å²) in [4.78, 5) is 37.9. The molecule has 416 valence electrons. The van der Waals surface area contributed by atoms with Gasteiger partial charge < -0.3 is 14.2 Å². The SMILES string of the molecule is CC/C=C\C/C=C\C/C=C\C/C=C\C/C=C\C/C=C\C/C=C\C/C=C\C/C=C\CCCCCC(=O)OCC(COC(=O)CCCCCCCC)OC(=O)CCCCCCCCCCCCCCCCCCCC. The molecule has 1 unspecified atom stereocenters. The molecule has 0 radical (unpaired) electrons. The number of esters is 3. The molecule has 73 heavy (non-hydrogen) atoms. The summed E-state index contributed by atoms with van der Waals surface area (Å²) in [5.41, 5.74) is 0. The van der Waals surface area contributed by atoms with E-state index in [1.807, 2.05) is 0 Å². The fourth-order valence-electron chi connectivity index (χ4n) is 8.26. The van der Waals surface area contributed by atoms with Crippen molar-refractivity contribution in [2.45, 2.75) is 284 Å². The molecule has 0 rings (SSSR count). The van der Waals surface area contributed by atoms with Gasteiger partial charge in [0.1, 0.15) is 13.2 Å². The highest BCUT2D eigenvalue weighted by Gasteiger charge is 2.19. The Morgan fingerprint density at radius 3 is 0.836 bits per heavy atom. The van der Waals surface area contributed by atoms with Crippen LogP contribution in [0.15, 0.2) is 109 Å². The van der Waals surface area contributed by atoms with Crippen LogP contribution in [0.3, 0.4) is 0 Å². The first-order valence-corrected chi connectivity index (χ1v) is 30.4. The summed E-state index contributed by atoms with van der Waals surface area (Å²) >= 11 is 0. The van der Waals surface area contributed by atoms with E-state index in [9.17, 15) is 14.4 Å². The molecule has 0 amide bonds. The van der Waals surface area contributed by atoms with Crippen molar-refractivity contribution in [3.63, 3.8) is 0 Å². The summed E-state index contributed by atoms with van der Waals surface area (Å²) in [5.74, 6) is -0.926. The molecule has 0 aliphatic heterocycles. The van der Waals surface area contributed by atoms with E-state index in [4.69, 9.17) is 14.2 Å². The number of rotatable bonds is 54. The van der Waals surface area contributed by atoms with E-state index >= 15 is 0 Å². The van der Waals surface area contributed by atoms with Crippen molar-refractivity contribution in [2.75, 3.05) is 13.2 Å². The summed E-state index contributed by atoms with van der Waals surface area (Å²) < 4.78 is 16.7. The number of carbonyl (C=O) groups is 3. The molecule has 0 spiro atoms. The lowest BCUT2D eigenvalue weighted by atomic mass is 10.0. The molecule has 0 aromatic carbocycles. The lowest BCUT2D eigenvalue weighted by Crippen LogP contribution is -2.30. The molecule has 6 nitrogen and oxygen atoms in total. The van der Waals surface area contributed by atoms with Gasteiger partial charge in [0.05, 0.1) is 0 Å². The Kier molecular flexibility index (Phi) is 57.4. The first-order chi connectivity index (χ1) is 36.0. The second-order valence-corrected chi connectivity index (χ2v) is 19.9. The number of carbonyl (C=O) groups excluding carboxylic acids is 3. The Bertz CT molecular complexity index is 1490. The third-order valence-corrected chi connectivity index (χ3v) is 12.8. The summed E-state index contributed by atoms with van der Waals surface area (Å²) in [5, 5.41) is 0. The maximum absolute atomic E-state index is 12.8. The van der Waals surface area contributed by atoms with Gasteiger partial charge in [0.2, 0.25) is 0 Å². The van der Waals surface area contributed by atoms with Crippen LogP contribution in [-0.2, 0) is 28.6 Å². The minimum atomic E-state index is -0.788. The molecule has 0 N–H and O–H groups in total. The van der Waals surface area contributed by atoms with Gasteiger partial charge in [-0.1, -0.05) is 278 Å². The normalized spacial score (nSPS) is 12.9. The highest BCUT2D eigenvalue weighted by atomic mass is 16.6. The fraction of sp³-hybridized carbons (Fsp3) is 0.687. The summed E-state index contributed by atoms with van der Waals surface area (Å²) in [7, 11) is 0. The van der Waals surface area contributed by atoms with E-state index in [0.717, 1.165) is 122 Å². The Balaban J connectivity index is 4.20. The Labute approximate surface area is 450 Å². The molecule has 0 aromatic rings. The summed E-state index contributed by atoms with van der Waals surface area (Å²) in [6, 6.07) is 0. The van der Waals surface area contributed by atoms with Gasteiger partial charge in [-0.3, -0.25) is 14.4 Å². The lowest BCUT2D eigenvalue weighted by molar-refractivity contribution is -0.167. The molecule has 0 saturated heterocycles. The predicted molar refractivity (Wildman–Crippen MR) is 316 cm³/mol. The van der Waals surface area contributed by atoms with Gasteiger partial charge in [-0.15, -0.1) is 0 Å². The molecule has 0 aliphatic carbocycles. The molecule has 0 aliphatic rings. The van der Waals surface area contributed by atoms with Crippen LogP contribution in [0.5, 0.6) is 0 Å². The molecule has 0 saturated carbocycles. The topological polar surface area (TPSA) is 78.9 Å². The van der Waals surface area contributed by atoms with Crippen molar-refractivity contribution in [2.24, 2.45) is 0 Å². The van der Waals surface area contributed by atoms with Crippen LogP contribution >= 0.6 is 0 Å². The zero-order valence-electron chi connectivity index (χ0n) is 47.6. The first-order valence-electron chi connectivity index (χ1n) is 30.4. The van der Waals surface area contributed by atoms with Gasteiger partial charge in [0.25, 0.3) is 0 Å². The Morgan fingerprint density at radius 1 is 0.288 bits per heavy atom. The van der Waals surface area contributed by atoms with Crippen molar-refractivity contribution < 1.29 is 28.6 Å². The van der Waals surface area contributed by atoms with Crippen LogP contribution < -0.4 is 0 Å². The van der Waals surface area contributed by atoms with Gasteiger partial charge in [0.15, 0.2) is 6.10 Å². The van der Waals surface area contributed by atoms with Gasteiger partial charge in [-0.05, 0) is 89.9 Å². The van der Waals surface area contributed by atoms with Gasteiger partial charge in [-0.2, -0.15) is 0 Å². The molecule has 0 bridgehead atoms. The van der Waals surface area contributed by atoms with Crippen LogP contribution in [0.1, 0.15) is 278 Å². The molecular formula is C67H112O6. The van der Waals surface area contributed by atoms with Gasteiger partial charge in [-0.25, -0.2) is 0 Å². The average Bonchev–Trinajstić information content (AvgIpc) is 3.39. The lowest BCUT2D eigenvalue weighted by Gasteiger charge is -2.18. The van der Waals surface area contributed by atoms with E-state index < -0.39 is 6.10 Å². The quantitative estimate of drug-likeness (QED) is 0.0261. The second-order valence-electron chi connectivity index (χ2n) is 19.9. The monoisotopic (exact) mass is 1010 g/mol. The molecule has 0 fully saturated rings. The van der Waals surface area contributed by atoms with Gasteiger partial charge in [0, 0.05) is 19.3 Å². The van der Waals surface area contributed by atoms with Crippen LogP contribution in [0.25, 0.3) is 0 Å². The van der Waals surface area contributed by atoms with Crippen LogP contribution in [0.4, 0.5) is 0 Å². The smallest absolute Gasteiger partial charge is 0.306 e. The maximum Gasteiger partial charge on any atom is 0.306 e. The zero-order chi connectivity index (χ0) is 52.9. The van der Waals surface area contributed by atoms with E-state index in [-0.39, 0.29) is 31.1 Å². The first kappa shape index (κ1) is 69.1. The maximum atomic E-state index is 12.8. The average molecular weight is 1010 g/mol. The molecule has 0 aromatic heterocycles. The van der Waals surface area contributed by atoms with Crippen molar-refractivity contribution in [3.8, 4) is 0 Å². The van der Waals surface area contributed by atoms with Crippen LogP contribution in [-0.4, -0.2) is 37.2 Å². The predicted octanol–water partition coefficient (Wildman–Crippen LogP) is 20.7. The van der Waals surface area contributed by atoms with Crippen LogP contribution in [0, 0.1) is 0 Å². The number of ether oxygens (including phenoxy) is 3. The van der Waals surface area contributed by atoms with Crippen molar-refractivity contribution >= 4 is 17.9 Å². The summed E-state index contributed by atoms with van der Waals surface area (Å²) in [6.07, 6.45) is 82.6. The Morgan fingerprint density at radius 2 is 0.534 bits per heavy atom. The van der Waals surface area contributed by atoms with Crippen molar-refractivity contribution in [3.05, 3.63) is 109 Å². The Hall–Kier alpha value is -3.93. The number of allylic oxidation sites excluding steroid dienone is 18. The van der Waals surface area contributed by atoms with Crippen LogP contribution in [0.2, 0.25) is 0 Å². The molecule has 6 heteroatoms. The molecule has 0 heterocycles. The molecule has 1 atom stereocenters. The van der Waals surface area contributed by atoms with E-state index in [2.05, 4.69) is 130 Å². The molecular weight excluding hydrogens is 901 g/mol. The third kappa shape index (κ3) is 58.8. The highest BCUT2D eigenvalue weighted by Crippen LogP contribution is 2.16. The minimum absolute atomic E-state index is 0.0872. The highest BCUT2D eigenvalue weighted by molar-refractivity contribution is 5.71. The standard InChI is InChI=1S/C67H112O6/c1-4-7-10-13-16-18-20-22-24-26-28-29-30-31-32-33-34-35-36-37-38-39-40-42-43-45-47-49-51-54-57-60-66(69)72-63-64(62-71-65(68)59-56-53-15-12-9-6-3)73-67(70)61-58-55-52-50-48-46-44-41-27-25-23-21-19-17-14-11-8-5-2/h7,10,16,18,22,24,28-29,31-32,34-35,37-38,40,42,45,47,64H,4-6,8-9,11-15,17,19-21,23,25-27,30,33,36,39,41,43-44,46,48-63H2,1-3H3/b10-7-,18-16-,24-22-,29-28-,32-31-,35-34-,38-37-,42-40-,47-45-. The van der Waals surface area contributed by atoms with E-state index in [1.165, 1.54) is 116 Å². The van der Waals surface area contributed by atoms with Crippen molar-refractivity contribution in [1.29, 1.82) is 0 Å². The van der Waals surface area contributed by atoms with Gasteiger partial charge >= 0.3 is 17.9 Å².